The lowest BCUT2D eigenvalue weighted by molar-refractivity contribution is 0.102. The predicted molar refractivity (Wildman–Crippen MR) is 89.1 cm³/mol. The lowest BCUT2D eigenvalue weighted by Crippen LogP contribution is -2.45. The largest absolute Gasteiger partial charge is 0.297 e. The number of pyridine rings is 1. The zero-order valence-electron chi connectivity index (χ0n) is 12.9. The molecule has 0 amide bonds. The third-order valence-electron chi connectivity index (χ3n) is 4.00. The fraction of sp³-hybridized carbons (Fsp3) is 0.412. The van der Waals surface area contributed by atoms with Crippen molar-refractivity contribution in [1.82, 2.24) is 14.8 Å². The Kier molecular flexibility index (Phi) is 4.97. The maximum Gasteiger partial charge on any atom is 0.169 e. The highest BCUT2D eigenvalue weighted by Gasteiger charge is 2.17. The van der Waals surface area contributed by atoms with Crippen molar-refractivity contribution in [2.45, 2.75) is 20.0 Å². The summed E-state index contributed by atoms with van der Waals surface area (Å²) in [6.07, 6.45) is 3.76. The van der Waals surface area contributed by atoms with Crippen molar-refractivity contribution in [3.05, 3.63) is 52.0 Å². The first kappa shape index (κ1) is 15.3. The highest BCUT2D eigenvalue weighted by Crippen LogP contribution is 2.18. The molecule has 3 heterocycles. The molecule has 0 radical (unpaired) electrons. The summed E-state index contributed by atoms with van der Waals surface area (Å²) in [5.41, 5.74) is 2.54. The van der Waals surface area contributed by atoms with Gasteiger partial charge in [-0.25, -0.2) is 0 Å². The molecule has 0 atom stereocenters. The summed E-state index contributed by atoms with van der Waals surface area (Å²) in [7, 11) is 0. The van der Waals surface area contributed by atoms with Gasteiger partial charge in [0.1, 0.15) is 0 Å². The van der Waals surface area contributed by atoms with Crippen LogP contribution in [0.2, 0.25) is 0 Å². The molecule has 2 aromatic heterocycles. The van der Waals surface area contributed by atoms with Crippen molar-refractivity contribution in [1.29, 1.82) is 0 Å². The minimum atomic E-state index is 0.164. The van der Waals surface area contributed by atoms with E-state index in [1.807, 2.05) is 24.5 Å². The monoisotopic (exact) mass is 315 g/mol. The van der Waals surface area contributed by atoms with Gasteiger partial charge in [-0.05, 0) is 35.6 Å². The van der Waals surface area contributed by atoms with Crippen LogP contribution < -0.4 is 0 Å². The number of ketones is 1. The highest BCUT2D eigenvalue weighted by atomic mass is 32.1. The summed E-state index contributed by atoms with van der Waals surface area (Å²) >= 11 is 1.55. The number of nitrogens with zero attached hydrogens (tertiary/aromatic N) is 3. The molecule has 0 aliphatic carbocycles. The van der Waals surface area contributed by atoms with Gasteiger partial charge in [-0.2, -0.15) is 0 Å². The van der Waals surface area contributed by atoms with Gasteiger partial charge in [-0.1, -0.05) is 6.07 Å². The number of aromatic nitrogens is 1. The Morgan fingerprint density at radius 2 is 1.86 bits per heavy atom. The Morgan fingerprint density at radius 3 is 2.41 bits per heavy atom. The standard InChI is InChI=1S/C17H21N3OS/c1-14(21)17-9-16(13-22-17)12-20-7-5-19(6-8-20)11-15-3-2-4-18-10-15/h2-4,9-10,13H,5-8,11-12H2,1H3. The molecule has 0 saturated carbocycles. The van der Waals surface area contributed by atoms with E-state index in [-0.39, 0.29) is 5.78 Å². The maximum absolute atomic E-state index is 11.4. The summed E-state index contributed by atoms with van der Waals surface area (Å²) in [5, 5.41) is 2.11. The molecule has 2 aromatic rings. The number of piperazine rings is 1. The van der Waals surface area contributed by atoms with Crippen LogP contribution in [-0.2, 0) is 13.1 Å². The van der Waals surface area contributed by atoms with Crippen molar-refractivity contribution in [2.75, 3.05) is 26.2 Å². The molecule has 1 saturated heterocycles. The van der Waals surface area contributed by atoms with Crippen LogP contribution in [0.4, 0.5) is 0 Å². The van der Waals surface area contributed by atoms with Gasteiger partial charge in [0.05, 0.1) is 4.88 Å². The minimum Gasteiger partial charge on any atom is -0.297 e. The Labute approximate surface area is 135 Å². The fourth-order valence-corrected chi connectivity index (χ4v) is 3.56. The molecule has 1 aliphatic rings. The average molecular weight is 315 g/mol. The quantitative estimate of drug-likeness (QED) is 0.795. The zero-order valence-corrected chi connectivity index (χ0v) is 13.7. The lowest BCUT2D eigenvalue weighted by atomic mass is 10.2. The Hall–Kier alpha value is -1.56. The molecule has 0 bridgehead atoms. The van der Waals surface area contributed by atoms with Gasteiger partial charge in [0.15, 0.2) is 5.78 Å². The second-order valence-corrected chi connectivity index (χ2v) is 6.70. The van der Waals surface area contributed by atoms with E-state index in [9.17, 15) is 4.79 Å². The van der Waals surface area contributed by atoms with Gasteiger partial charge in [-0.3, -0.25) is 19.6 Å². The zero-order chi connectivity index (χ0) is 15.4. The Balaban J connectivity index is 1.48. The number of Topliss-reactive ketones (excluding diaryl/α,β-unsaturated/α-hetero) is 1. The first-order valence-corrected chi connectivity index (χ1v) is 8.50. The number of carbonyl (C=O) groups is 1. The van der Waals surface area contributed by atoms with Gasteiger partial charge >= 0.3 is 0 Å². The Morgan fingerprint density at radius 1 is 1.18 bits per heavy atom. The van der Waals surface area contributed by atoms with E-state index in [0.29, 0.717) is 0 Å². The van der Waals surface area contributed by atoms with Crippen molar-refractivity contribution >= 4 is 17.1 Å². The molecule has 1 fully saturated rings. The molecule has 1 aliphatic heterocycles. The van der Waals surface area contributed by atoms with Crippen molar-refractivity contribution in [3.63, 3.8) is 0 Å². The summed E-state index contributed by atoms with van der Waals surface area (Å²) in [5.74, 6) is 0.164. The highest BCUT2D eigenvalue weighted by molar-refractivity contribution is 7.12. The third kappa shape index (κ3) is 4.00. The van der Waals surface area contributed by atoms with E-state index in [1.165, 1.54) is 11.1 Å². The van der Waals surface area contributed by atoms with E-state index in [2.05, 4.69) is 26.2 Å². The van der Waals surface area contributed by atoms with Crippen LogP contribution in [0.3, 0.4) is 0 Å². The van der Waals surface area contributed by atoms with E-state index in [1.54, 1.807) is 18.3 Å². The van der Waals surface area contributed by atoms with Crippen LogP contribution in [-0.4, -0.2) is 46.7 Å². The summed E-state index contributed by atoms with van der Waals surface area (Å²) in [4.78, 5) is 21.3. The number of carbonyl (C=O) groups excluding carboxylic acids is 1. The van der Waals surface area contributed by atoms with E-state index in [0.717, 1.165) is 44.1 Å². The van der Waals surface area contributed by atoms with Gasteiger partial charge in [-0.15, -0.1) is 11.3 Å². The molecule has 0 N–H and O–H groups in total. The van der Waals surface area contributed by atoms with Crippen LogP contribution in [0, 0.1) is 0 Å². The molecule has 0 aromatic carbocycles. The summed E-state index contributed by atoms with van der Waals surface area (Å²) in [6, 6.07) is 6.16. The van der Waals surface area contributed by atoms with Crippen molar-refractivity contribution in [3.8, 4) is 0 Å². The first-order chi connectivity index (χ1) is 10.7. The first-order valence-electron chi connectivity index (χ1n) is 7.62. The van der Waals surface area contributed by atoms with Gasteiger partial charge in [0, 0.05) is 51.7 Å². The second-order valence-electron chi connectivity index (χ2n) is 5.79. The van der Waals surface area contributed by atoms with Crippen LogP contribution in [0.5, 0.6) is 0 Å². The molecule has 3 rings (SSSR count). The SMILES string of the molecule is CC(=O)c1cc(CN2CCN(Cc3cccnc3)CC2)cs1. The molecular weight excluding hydrogens is 294 g/mol. The van der Waals surface area contributed by atoms with E-state index >= 15 is 0 Å². The molecule has 22 heavy (non-hydrogen) atoms. The number of rotatable bonds is 5. The van der Waals surface area contributed by atoms with E-state index in [4.69, 9.17) is 0 Å². The van der Waals surface area contributed by atoms with E-state index < -0.39 is 0 Å². The van der Waals surface area contributed by atoms with Crippen LogP contribution in [0.15, 0.2) is 36.0 Å². The second kappa shape index (κ2) is 7.13. The van der Waals surface area contributed by atoms with Crippen molar-refractivity contribution < 1.29 is 4.79 Å². The Bertz CT molecular complexity index is 618. The third-order valence-corrected chi connectivity index (χ3v) is 5.08. The van der Waals surface area contributed by atoms with Gasteiger partial charge in [0.2, 0.25) is 0 Å². The smallest absolute Gasteiger partial charge is 0.169 e. The molecule has 0 unspecified atom stereocenters. The number of thiophene rings is 1. The number of hydrogen-bond acceptors (Lipinski definition) is 5. The summed E-state index contributed by atoms with van der Waals surface area (Å²) in [6.45, 7) is 7.88. The van der Waals surface area contributed by atoms with Gasteiger partial charge in [0.25, 0.3) is 0 Å². The van der Waals surface area contributed by atoms with Crippen LogP contribution in [0.25, 0.3) is 0 Å². The molecule has 116 valence electrons. The lowest BCUT2D eigenvalue weighted by Gasteiger charge is -2.34. The maximum atomic E-state index is 11.4. The van der Waals surface area contributed by atoms with Crippen molar-refractivity contribution in [2.24, 2.45) is 0 Å². The molecule has 0 spiro atoms. The van der Waals surface area contributed by atoms with Crippen LogP contribution >= 0.6 is 11.3 Å². The summed E-state index contributed by atoms with van der Waals surface area (Å²) < 4.78 is 0. The average Bonchev–Trinajstić information content (AvgIpc) is 2.99. The molecule has 5 heteroatoms. The minimum absolute atomic E-state index is 0.164. The molecule has 4 nitrogen and oxygen atoms in total. The predicted octanol–water partition coefficient (Wildman–Crippen LogP) is 2.66. The topological polar surface area (TPSA) is 36.4 Å². The van der Waals surface area contributed by atoms with Crippen LogP contribution in [0.1, 0.15) is 27.7 Å². The number of hydrogen-bond donors (Lipinski definition) is 0. The fourth-order valence-electron chi connectivity index (χ4n) is 2.76. The van der Waals surface area contributed by atoms with Gasteiger partial charge < -0.3 is 0 Å². The molecular formula is C17H21N3OS. The normalized spacial score (nSPS) is 16.8.